The quantitative estimate of drug-likeness (QED) is 0.475. The summed E-state index contributed by atoms with van der Waals surface area (Å²) in [5, 5.41) is 11.4. The van der Waals surface area contributed by atoms with Crippen molar-refractivity contribution in [2.24, 2.45) is 0 Å². The largest absolute Gasteiger partial charge is 0.484 e. The highest BCUT2D eigenvalue weighted by atomic mass is 16.5. The normalized spacial score (nSPS) is 14.8. The summed E-state index contributed by atoms with van der Waals surface area (Å²) in [5.41, 5.74) is 0.714. The van der Waals surface area contributed by atoms with Gasteiger partial charge in [0.2, 0.25) is 5.91 Å². The van der Waals surface area contributed by atoms with Gasteiger partial charge >= 0.3 is 5.97 Å². The van der Waals surface area contributed by atoms with Gasteiger partial charge in [-0.15, -0.1) is 6.58 Å². The van der Waals surface area contributed by atoms with E-state index in [-0.39, 0.29) is 25.7 Å². The zero-order valence-electron chi connectivity index (χ0n) is 14.3. The van der Waals surface area contributed by atoms with Gasteiger partial charge in [0, 0.05) is 24.7 Å². The van der Waals surface area contributed by atoms with Crippen LogP contribution in [0.3, 0.4) is 0 Å². The Morgan fingerprint density at radius 3 is 2.88 bits per heavy atom. The number of carboxylic acid groups (broad SMARTS) is 1. The molecule has 1 fully saturated rings. The Kier molecular flexibility index (Phi) is 7.16. The number of carboxylic acids is 1. The molecule has 1 unspecified atom stereocenters. The van der Waals surface area contributed by atoms with Crippen LogP contribution in [0.25, 0.3) is 0 Å². The van der Waals surface area contributed by atoms with E-state index >= 15 is 0 Å². The minimum atomic E-state index is -1.20. The third kappa shape index (κ3) is 5.59. The summed E-state index contributed by atoms with van der Waals surface area (Å²) in [4.78, 5) is 36.5. The van der Waals surface area contributed by atoms with Crippen molar-refractivity contribution in [3.05, 3.63) is 36.9 Å². The van der Waals surface area contributed by atoms with E-state index in [1.54, 1.807) is 29.2 Å². The highest BCUT2D eigenvalue weighted by molar-refractivity contribution is 5.95. The van der Waals surface area contributed by atoms with Gasteiger partial charge in [0.15, 0.2) is 12.6 Å². The number of aliphatic carboxylic acids is 1. The van der Waals surface area contributed by atoms with Crippen LogP contribution in [0.2, 0.25) is 0 Å². The van der Waals surface area contributed by atoms with Crippen molar-refractivity contribution in [2.75, 3.05) is 31.3 Å². The number of nitrogens with zero attached hydrogens (tertiary/aromatic N) is 1. The topological polar surface area (TPSA) is 105 Å². The minimum absolute atomic E-state index is 0.0590. The van der Waals surface area contributed by atoms with Gasteiger partial charge < -0.3 is 24.8 Å². The predicted octanol–water partition coefficient (Wildman–Crippen LogP) is 0.964. The first kappa shape index (κ1) is 19.5. The van der Waals surface area contributed by atoms with E-state index < -0.39 is 17.9 Å². The van der Waals surface area contributed by atoms with Crippen LogP contribution < -0.4 is 15.0 Å². The number of benzene rings is 1. The zero-order chi connectivity index (χ0) is 18.9. The van der Waals surface area contributed by atoms with Crippen LogP contribution in [0.4, 0.5) is 5.69 Å². The molecular formula is C18H22N2O6. The van der Waals surface area contributed by atoms with Crippen LogP contribution in [-0.4, -0.2) is 55.3 Å². The summed E-state index contributed by atoms with van der Waals surface area (Å²) in [6.07, 6.45) is 2.83. The van der Waals surface area contributed by atoms with Gasteiger partial charge in [0.25, 0.3) is 5.91 Å². The molecule has 2 amide bonds. The van der Waals surface area contributed by atoms with Crippen molar-refractivity contribution in [2.45, 2.75) is 18.9 Å². The average molecular weight is 362 g/mol. The Hall–Kier alpha value is -2.87. The lowest BCUT2D eigenvalue weighted by Gasteiger charge is -2.17. The Balaban J connectivity index is 1.87. The molecule has 1 aromatic rings. The number of nitrogens with one attached hydrogen (secondary N) is 1. The fourth-order valence-electron chi connectivity index (χ4n) is 2.49. The molecular weight excluding hydrogens is 340 g/mol. The molecule has 8 nitrogen and oxygen atoms in total. The summed E-state index contributed by atoms with van der Waals surface area (Å²) in [6.45, 7) is 3.80. The van der Waals surface area contributed by atoms with Gasteiger partial charge in [-0.2, -0.15) is 0 Å². The molecule has 1 aliphatic rings. The molecule has 0 saturated carbocycles. The number of amides is 2. The molecule has 1 heterocycles. The fourth-order valence-corrected chi connectivity index (χ4v) is 2.49. The second-order valence-corrected chi connectivity index (χ2v) is 5.72. The molecule has 0 radical (unpaired) electrons. The molecule has 1 aromatic carbocycles. The maximum absolute atomic E-state index is 11.9. The molecule has 140 valence electrons. The van der Waals surface area contributed by atoms with Crippen molar-refractivity contribution in [1.29, 1.82) is 0 Å². The van der Waals surface area contributed by atoms with E-state index in [9.17, 15) is 14.4 Å². The van der Waals surface area contributed by atoms with Gasteiger partial charge in [-0.1, -0.05) is 12.1 Å². The third-order valence-electron chi connectivity index (χ3n) is 3.73. The summed E-state index contributed by atoms with van der Waals surface area (Å²) >= 11 is 0. The highest BCUT2D eigenvalue weighted by Gasteiger charge is 2.22. The molecule has 1 atom stereocenters. The molecule has 0 bridgehead atoms. The van der Waals surface area contributed by atoms with Crippen molar-refractivity contribution in [3.63, 3.8) is 0 Å². The lowest BCUT2D eigenvalue weighted by molar-refractivity contribution is -0.143. The van der Waals surface area contributed by atoms with Crippen LogP contribution in [0.5, 0.6) is 5.75 Å². The molecule has 0 spiro atoms. The number of anilines is 1. The lowest BCUT2D eigenvalue weighted by Crippen LogP contribution is -2.45. The average Bonchev–Trinajstić information content (AvgIpc) is 3.05. The van der Waals surface area contributed by atoms with E-state index in [2.05, 4.69) is 11.9 Å². The predicted molar refractivity (Wildman–Crippen MR) is 94.1 cm³/mol. The van der Waals surface area contributed by atoms with Gasteiger partial charge in [-0.25, -0.2) is 4.79 Å². The molecule has 2 N–H and O–H groups in total. The summed E-state index contributed by atoms with van der Waals surface area (Å²) in [6, 6.07) is 5.71. The van der Waals surface area contributed by atoms with Crippen LogP contribution >= 0.6 is 0 Å². The van der Waals surface area contributed by atoms with E-state index in [0.717, 1.165) is 6.42 Å². The first-order valence-corrected chi connectivity index (χ1v) is 8.25. The monoisotopic (exact) mass is 362 g/mol. The summed E-state index contributed by atoms with van der Waals surface area (Å²) in [7, 11) is 0. The van der Waals surface area contributed by atoms with Gasteiger partial charge in [-0.05, 0) is 18.6 Å². The number of hydrogen-bond acceptors (Lipinski definition) is 5. The van der Waals surface area contributed by atoms with Crippen LogP contribution in [-0.2, 0) is 19.1 Å². The van der Waals surface area contributed by atoms with Crippen LogP contribution in [0, 0.1) is 0 Å². The standard InChI is InChI=1S/C18H22N2O6/c1-2-9-25-11-15(18(23)24)19-16(21)12-26-14-6-3-5-13(10-14)20-8-4-7-17(20)22/h2-3,5-6,10,15H,1,4,7-9,11-12H2,(H,19,21)(H,23,24). The van der Waals surface area contributed by atoms with Gasteiger partial charge in [-0.3, -0.25) is 9.59 Å². The van der Waals surface area contributed by atoms with Crippen LogP contribution in [0.15, 0.2) is 36.9 Å². The van der Waals surface area contributed by atoms with Crippen molar-refractivity contribution < 1.29 is 29.0 Å². The smallest absolute Gasteiger partial charge is 0.328 e. The Morgan fingerprint density at radius 2 is 2.23 bits per heavy atom. The highest BCUT2D eigenvalue weighted by Crippen LogP contribution is 2.25. The summed E-state index contributed by atoms with van der Waals surface area (Å²) in [5.74, 6) is -1.30. The Labute approximate surface area is 151 Å². The van der Waals surface area contributed by atoms with E-state index in [1.807, 2.05) is 0 Å². The molecule has 1 saturated heterocycles. The van der Waals surface area contributed by atoms with Crippen LogP contribution in [0.1, 0.15) is 12.8 Å². The van der Waals surface area contributed by atoms with E-state index in [4.69, 9.17) is 14.6 Å². The van der Waals surface area contributed by atoms with Crippen molar-refractivity contribution in [1.82, 2.24) is 5.32 Å². The van der Waals surface area contributed by atoms with Crippen molar-refractivity contribution >= 4 is 23.5 Å². The minimum Gasteiger partial charge on any atom is -0.484 e. The molecule has 1 aliphatic heterocycles. The number of ether oxygens (including phenoxy) is 2. The first-order chi connectivity index (χ1) is 12.5. The fraction of sp³-hybridized carbons (Fsp3) is 0.389. The molecule has 2 rings (SSSR count). The molecule has 0 aliphatic carbocycles. The summed E-state index contributed by atoms with van der Waals surface area (Å²) < 4.78 is 10.5. The molecule has 26 heavy (non-hydrogen) atoms. The van der Waals surface area contributed by atoms with Gasteiger partial charge in [0.1, 0.15) is 5.75 Å². The second-order valence-electron chi connectivity index (χ2n) is 5.72. The number of carbonyl (C=O) groups excluding carboxylic acids is 2. The number of hydrogen-bond donors (Lipinski definition) is 2. The van der Waals surface area contributed by atoms with Gasteiger partial charge in [0.05, 0.1) is 13.2 Å². The zero-order valence-corrected chi connectivity index (χ0v) is 14.3. The third-order valence-corrected chi connectivity index (χ3v) is 3.73. The first-order valence-electron chi connectivity index (χ1n) is 8.25. The maximum atomic E-state index is 11.9. The Bertz CT molecular complexity index is 675. The van der Waals surface area contributed by atoms with E-state index in [0.29, 0.717) is 24.4 Å². The van der Waals surface area contributed by atoms with E-state index in [1.165, 1.54) is 6.08 Å². The number of carbonyl (C=O) groups is 3. The second kappa shape index (κ2) is 9.57. The Morgan fingerprint density at radius 1 is 1.42 bits per heavy atom. The SMILES string of the molecule is C=CCOCC(NC(=O)COc1cccc(N2CCCC2=O)c1)C(=O)O. The molecule has 8 heteroatoms. The van der Waals surface area contributed by atoms with Crippen molar-refractivity contribution in [3.8, 4) is 5.75 Å². The molecule has 0 aromatic heterocycles. The lowest BCUT2D eigenvalue weighted by atomic mass is 10.3. The maximum Gasteiger partial charge on any atom is 0.328 e. The number of rotatable bonds is 10.